The summed E-state index contributed by atoms with van der Waals surface area (Å²) in [6.07, 6.45) is -0.333. The van der Waals surface area contributed by atoms with Gasteiger partial charge in [0.15, 0.2) is 11.5 Å². The van der Waals surface area contributed by atoms with Crippen molar-refractivity contribution < 1.29 is 25.2 Å². The summed E-state index contributed by atoms with van der Waals surface area (Å²) in [5, 5.41) is 38.1. The molecular formula is C14H12O5S. The van der Waals surface area contributed by atoms with Gasteiger partial charge in [-0.15, -0.1) is 11.8 Å². The Hall–Kier alpha value is -2.21. The molecule has 2 aromatic rings. The SMILES string of the molecule is Oc1cc(O)c2c(c1)OC(c1ccc(O)c(O)c1)CS2. The summed E-state index contributed by atoms with van der Waals surface area (Å²) in [7, 11) is 0. The van der Waals surface area contributed by atoms with E-state index in [2.05, 4.69) is 0 Å². The van der Waals surface area contributed by atoms with E-state index in [1.54, 1.807) is 6.07 Å². The maximum Gasteiger partial charge on any atom is 0.157 e. The Balaban J connectivity index is 1.93. The molecule has 1 atom stereocenters. The van der Waals surface area contributed by atoms with Gasteiger partial charge < -0.3 is 25.2 Å². The Morgan fingerprint density at radius 3 is 2.50 bits per heavy atom. The molecule has 5 nitrogen and oxygen atoms in total. The molecule has 3 rings (SSSR count). The Bertz CT molecular complexity index is 671. The first-order valence-corrected chi connectivity index (χ1v) is 6.90. The van der Waals surface area contributed by atoms with Crippen molar-refractivity contribution in [3.8, 4) is 28.7 Å². The van der Waals surface area contributed by atoms with Crippen molar-refractivity contribution in [2.24, 2.45) is 0 Å². The third-order valence-corrected chi connectivity index (χ3v) is 4.21. The first-order valence-electron chi connectivity index (χ1n) is 5.92. The zero-order chi connectivity index (χ0) is 14.3. The van der Waals surface area contributed by atoms with Gasteiger partial charge in [0.05, 0.1) is 4.90 Å². The van der Waals surface area contributed by atoms with Crippen molar-refractivity contribution in [2.45, 2.75) is 11.0 Å². The van der Waals surface area contributed by atoms with Gasteiger partial charge in [-0.25, -0.2) is 0 Å². The fourth-order valence-electron chi connectivity index (χ4n) is 2.06. The number of fused-ring (bicyclic) bond motifs is 1. The molecule has 0 spiro atoms. The molecule has 0 radical (unpaired) electrons. The second-order valence-electron chi connectivity index (χ2n) is 4.46. The van der Waals surface area contributed by atoms with Crippen LogP contribution in [0.4, 0.5) is 0 Å². The molecule has 20 heavy (non-hydrogen) atoms. The maximum absolute atomic E-state index is 9.74. The lowest BCUT2D eigenvalue weighted by Gasteiger charge is -2.26. The van der Waals surface area contributed by atoms with E-state index in [-0.39, 0.29) is 29.1 Å². The highest BCUT2D eigenvalue weighted by Gasteiger charge is 2.25. The quantitative estimate of drug-likeness (QED) is 0.604. The molecule has 0 fully saturated rings. The topological polar surface area (TPSA) is 90.2 Å². The van der Waals surface area contributed by atoms with Gasteiger partial charge in [-0.3, -0.25) is 0 Å². The summed E-state index contributed by atoms with van der Waals surface area (Å²) in [5.41, 5.74) is 0.710. The Labute approximate surface area is 119 Å². The van der Waals surface area contributed by atoms with Crippen molar-refractivity contribution in [1.82, 2.24) is 0 Å². The Kier molecular flexibility index (Phi) is 3.02. The lowest BCUT2D eigenvalue weighted by atomic mass is 10.1. The van der Waals surface area contributed by atoms with Crippen LogP contribution in [-0.4, -0.2) is 26.2 Å². The first kappa shape index (κ1) is 12.8. The van der Waals surface area contributed by atoms with Crippen LogP contribution in [0.2, 0.25) is 0 Å². The van der Waals surface area contributed by atoms with Crippen molar-refractivity contribution in [1.29, 1.82) is 0 Å². The van der Waals surface area contributed by atoms with Gasteiger partial charge in [-0.2, -0.15) is 0 Å². The average molecular weight is 292 g/mol. The monoisotopic (exact) mass is 292 g/mol. The van der Waals surface area contributed by atoms with E-state index in [1.807, 2.05) is 0 Å². The van der Waals surface area contributed by atoms with Crippen LogP contribution >= 0.6 is 11.8 Å². The number of hydrogen-bond donors (Lipinski definition) is 4. The number of phenols is 4. The van der Waals surface area contributed by atoms with E-state index in [4.69, 9.17) is 4.74 Å². The second-order valence-corrected chi connectivity index (χ2v) is 5.49. The highest BCUT2D eigenvalue weighted by Crippen LogP contribution is 2.47. The summed E-state index contributed by atoms with van der Waals surface area (Å²) in [6.45, 7) is 0. The summed E-state index contributed by atoms with van der Waals surface area (Å²) in [4.78, 5) is 0.585. The van der Waals surface area contributed by atoms with Gasteiger partial charge in [0.25, 0.3) is 0 Å². The fourth-order valence-corrected chi connectivity index (χ4v) is 3.09. The van der Waals surface area contributed by atoms with Crippen LogP contribution in [0.15, 0.2) is 35.2 Å². The van der Waals surface area contributed by atoms with E-state index in [0.717, 1.165) is 0 Å². The van der Waals surface area contributed by atoms with E-state index in [1.165, 1.54) is 36.0 Å². The highest BCUT2D eigenvalue weighted by atomic mass is 32.2. The van der Waals surface area contributed by atoms with Crippen LogP contribution in [0.25, 0.3) is 0 Å². The molecular weight excluding hydrogens is 280 g/mol. The van der Waals surface area contributed by atoms with Crippen molar-refractivity contribution >= 4 is 11.8 Å². The predicted octanol–water partition coefficient (Wildman–Crippen LogP) is 2.73. The molecule has 1 aliphatic heterocycles. The van der Waals surface area contributed by atoms with Crippen LogP contribution in [0.5, 0.6) is 28.7 Å². The molecule has 4 N–H and O–H groups in total. The standard InChI is InChI=1S/C14H12O5S/c15-8-4-11(18)14-12(5-8)19-13(6-20-14)7-1-2-9(16)10(17)3-7/h1-5,13,15-18H,6H2. The maximum atomic E-state index is 9.74. The number of thioether (sulfide) groups is 1. The molecule has 0 aliphatic carbocycles. The summed E-state index contributed by atoms with van der Waals surface area (Å²) >= 11 is 1.41. The van der Waals surface area contributed by atoms with E-state index in [0.29, 0.717) is 22.0 Å². The van der Waals surface area contributed by atoms with Gasteiger partial charge in [0.2, 0.25) is 0 Å². The molecule has 6 heteroatoms. The molecule has 104 valence electrons. The third kappa shape index (κ3) is 2.18. The van der Waals surface area contributed by atoms with Crippen LogP contribution in [-0.2, 0) is 0 Å². The molecule has 0 saturated carbocycles. The zero-order valence-electron chi connectivity index (χ0n) is 10.3. The van der Waals surface area contributed by atoms with Crippen molar-refractivity contribution in [3.05, 3.63) is 35.9 Å². The van der Waals surface area contributed by atoms with Crippen LogP contribution < -0.4 is 4.74 Å². The predicted molar refractivity (Wildman–Crippen MR) is 73.6 cm³/mol. The van der Waals surface area contributed by atoms with Gasteiger partial charge in [-0.05, 0) is 17.7 Å². The summed E-state index contributed by atoms with van der Waals surface area (Å²) in [6, 6.07) is 7.20. The van der Waals surface area contributed by atoms with Gasteiger partial charge in [0.1, 0.15) is 23.4 Å². The summed E-state index contributed by atoms with van der Waals surface area (Å²) < 4.78 is 5.74. The third-order valence-electron chi connectivity index (χ3n) is 3.04. The molecule has 1 heterocycles. The number of hydrogen-bond acceptors (Lipinski definition) is 6. The Morgan fingerprint density at radius 1 is 0.950 bits per heavy atom. The number of aromatic hydroxyl groups is 4. The normalized spacial score (nSPS) is 17.3. The second kappa shape index (κ2) is 4.72. The number of benzene rings is 2. The Morgan fingerprint density at radius 2 is 1.75 bits per heavy atom. The fraction of sp³-hybridized carbons (Fsp3) is 0.143. The minimum atomic E-state index is -0.333. The number of phenolic OH excluding ortho intramolecular Hbond substituents is 4. The van der Waals surface area contributed by atoms with Gasteiger partial charge in [-0.1, -0.05) is 6.07 Å². The number of ether oxygens (including phenoxy) is 1. The molecule has 0 saturated heterocycles. The average Bonchev–Trinajstić information content (AvgIpc) is 2.41. The van der Waals surface area contributed by atoms with E-state index >= 15 is 0 Å². The molecule has 2 aromatic carbocycles. The minimum absolute atomic E-state index is 0.0167. The van der Waals surface area contributed by atoms with Crippen LogP contribution in [0.3, 0.4) is 0 Å². The minimum Gasteiger partial charge on any atom is -0.508 e. The first-order chi connectivity index (χ1) is 9.54. The van der Waals surface area contributed by atoms with Crippen LogP contribution in [0, 0.1) is 0 Å². The number of rotatable bonds is 1. The van der Waals surface area contributed by atoms with Crippen molar-refractivity contribution in [2.75, 3.05) is 5.75 Å². The largest absolute Gasteiger partial charge is 0.508 e. The zero-order valence-corrected chi connectivity index (χ0v) is 11.1. The van der Waals surface area contributed by atoms with E-state index < -0.39 is 0 Å². The van der Waals surface area contributed by atoms with Gasteiger partial charge >= 0.3 is 0 Å². The molecule has 0 amide bonds. The highest BCUT2D eigenvalue weighted by molar-refractivity contribution is 7.99. The molecule has 1 aliphatic rings. The lowest BCUT2D eigenvalue weighted by Crippen LogP contribution is -2.14. The van der Waals surface area contributed by atoms with E-state index in [9.17, 15) is 20.4 Å². The molecule has 0 bridgehead atoms. The van der Waals surface area contributed by atoms with Crippen LogP contribution in [0.1, 0.15) is 11.7 Å². The lowest BCUT2D eigenvalue weighted by molar-refractivity contribution is 0.216. The smallest absolute Gasteiger partial charge is 0.157 e. The molecule has 0 aromatic heterocycles. The van der Waals surface area contributed by atoms with Crippen molar-refractivity contribution in [3.63, 3.8) is 0 Å². The summed E-state index contributed by atoms with van der Waals surface area (Å²) in [5.74, 6) is 0.466. The molecule has 1 unspecified atom stereocenters. The van der Waals surface area contributed by atoms with Gasteiger partial charge in [0, 0.05) is 17.9 Å².